The molecule has 0 amide bonds. The zero-order chi connectivity index (χ0) is 16.4. The zero-order valence-electron chi connectivity index (χ0n) is 12.6. The highest BCUT2D eigenvalue weighted by Crippen LogP contribution is 2.32. The average Bonchev–Trinajstić information content (AvgIpc) is 2.99. The molecule has 0 unspecified atom stereocenters. The molecule has 0 saturated heterocycles. The van der Waals surface area contributed by atoms with Gasteiger partial charge in [-0.3, -0.25) is 0 Å². The number of hydrogen-bond donors (Lipinski definition) is 1. The molecular weight excluding hydrogens is 302 g/mol. The molecule has 0 aliphatic carbocycles. The standard InChI is InChI=1S/C14H15N5O4/c1-19(2)14-17-11(16-13(15)18-14)6-21-12(20)8-3-4-9-10(5-8)23-7-22-9/h3-5H,6-7H2,1-2H3,(H2,15,16,17,18). The molecule has 0 bridgehead atoms. The van der Waals surface area contributed by atoms with Gasteiger partial charge in [0, 0.05) is 14.1 Å². The van der Waals surface area contributed by atoms with E-state index in [9.17, 15) is 4.79 Å². The van der Waals surface area contributed by atoms with E-state index in [0.717, 1.165) is 0 Å². The van der Waals surface area contributed by atoms with Crippen LogP contribution in [0.5, 0.6) is 11.5 Å². The number of benzene rings is 1. The number of esters is 1. The molecule has 2 aromatic rings. The van der Waals surface area contributed by atoms with Crippen LogP contribution in [0, 0.1) is 0 Å². The lowest BCUT2D eigenvalue weighted by Gasteiger charge is -2.11. The molecule has 120 valence electrons. The van der Waals surface area contributed by atoms with Crippen molar-refractivity contribution in [2.24, 2.45) is 0 Å². The summed E-state index contributed by atoms with van der Waals surface area (Å²) in [4.78, 5) is 25.8. The normalized spacial score (nSPS) is 12.1. The summed E-state index contributed by atoms with van der Waals surface area (Å²) < 4.78 is 15.6. The number of nitrogens with two attached hydrogens (primary N) is 1. The van der Waals surface area contributed by atoms with Crippen molar-refractivity contribution in [2.75, 3.05) is 31.5 Å². The van der Waals surface area contributed by atoms with Gasteiger partial charge in [0.25, 0.3) is 0 Å². The number of anilines is 2. The van der Waals surface area contributed by atoms with Crippen LogP contribution in [0.25, 0.3) is 0 Å². The Morgan fingerprint density at radius 3 is 2.83 bits per heavy atom. The van der Waals surface area contributed by atoms with Crippen LogP contribution in [0.3, 0.4) is 0 Å². The van der Waals surface area contributed by atoms with Crippen LogP contribution >= 0.6 is 0 Å². The molecule has 23 heavy (non-hydrogen) atoms. The van der Waals surface area contributed by atoms with Crippen LogP contribution in [0.4, 0.5) is 11.9 Å². The highest BCUT2D eigenvalue weighted by molar-refractivity contribution is 5.90. The molecule has 0 radical (unpaired) electrons. The molecule has 1 aliphatic rings. The fourth-order valence-corrected chi connectivity index (χ4v) is 1.93. The lowest BCUT2D eigenvalue weighted by Crippen LogP contribution is -2.17. The van der Waals surface area contributed by atoms with Crippen molar-refractivity contribution >= 4 is 17.9 Å². The first kappa shape index (κ1) is 14.8. The van der Waals surface area contributed by atoms with Crippen LogP contribution in [0.1, 0.15) is 16.2 Å². The highest BCUT2D eigenvalue weighted by Gasteiger charge is 2.17. The summed E-state index contributed by atoms with van der Waals surface area (Å²) in [6.07, 6.45) is 0. The molecule has 0 spiro atoms. The van der Waals surface area contributed by atoms with Crippen LogP contribution in [-0.2, 0) is 11.3 Å². The number of nitrogen functional groups attached to an aromatic ring is 1. The second kappa shape index (κ2) is 5.95. The van der Waals surface area contributed by atoms with Gasteiger partial charge in [0.05, 0.1) is 5.56 Å². The third kappa shape index (κ3) is 3.23. The first-order chi connectivity index (χ1) is 11.0. The molecule has 9 heteroatoms. The summed E-state index contributed by atoms with van der Waals surface area (Å²) in [7, 11) is 3.55. The summed E-state index contributed by atoms with van der Waals surface area (Å²) in [5.41, 5.74) is 5.97. The van der Waals surface area contributed by atoms with Crippen molar-refractivity contribution in [3.63, 3.8) is 0 Å². The van der Waals surface area contributed by atoms with E-state index >= 15 is 0 Å². The van der Waals surface area contributed by atoms with E-state index in [1.807, 2.05) is 0 Å². The second-order valence-corrected chi connectivity index (χ2v) is 4.95. The number of carbonyl (C=O) groups is 1. The Morgan fingerprint density at radius 1 is 1.26 bits per heavy atom. The van der Waals surface area contributed by atoms with Gasteiger partial charge in [-0.25, -0.2) is 4.79 Å². The van der Waals surface area contributed by atoms with Crippen molar-refractivity contribution in [1.82, 2.24) is 15.0 Å². The van der Waals surface area contributed by atoms with Gasteiger partial charge in [-0.05, 0) is 18.2 Å². The maximum absolute atomic E-state index is 12.1. The maximum atomic E-state index is 12.1. The molecule has 2 heterocycles. The minimum Gasteiger partial charge on any atom is -0.454 e. The van der Waals surface area contributed by atoms with E-state index in [0.29, 0.717) is 23.0 Å². The Kier molecular flexibility index (Phi) is 3.83. The van der Waals surface area contributed by atoms with E-state index in [1.165, 1.54) is 0 Å². The third-order valence-electron chi connectivity index (χ3n) is 3.03. The summed E-state index contributed by atoms with van der Waals surface area (Å²) in [5, 5.41) is 0. The zero-order valence-corrected chi connectivity index (χ0v) is 12.6. The lowest BCUT2D eigenvalue weighted by molar-refractivity contribution is 0.0461. The number of aromatic nitrogens is 3. The number of nitrogens with zero attached hydrogens (tertiary/aromatic N) is 4. The molecule has 3 rings (SSSR count). The Bertz CT molecular complexity index is 750. The Labute approximate surface area is 132 Å². The Hall–Kier alpha value is -3.10. The fraction of sp³-hybridized carbons (Fsp3) is 0.286. The number of fused-ring (bicyclic) bond motifs is 1. The largest absolute Gasteiger partial charge is 0.454 e. The minimum atomic E-state index is -0.520. The van der Waals surface area contributed by atoms with Crippen molar-refractivity contribution in [2.45, 2.75) is 6.61 Å². The Balaban J connectivity index is 1.69. The number of hydrogen-bond acceptors (Lipinski definition) is 9. The van der Waals surface area contributed by atoms with E-state index in [4.69, 9.17) is 19.9 Å². The fourth-order valence-electron chi connectivity index (χ4n) is 1.93. The minimum absolute atomic E-state index is 0.0674. The maximum Gasteiger partial charge on any atom is 0.338 e. The topological polar surface area (TPSA) is 113 Å². The molecule has 0 atom stereocenters. The molecule has 1 aromatic heterocycles. The monoisotopic (exact) mass is 317 g/mol. The number of ether oxygens (including phenoxy) is 3. The molecule has 0 fully saturated rings. The van der Waals surface area contributed by atoms with Gasteiger partial charge in [0.15, 0.2) is 23.9 Å². The SMILES string of the molecule is CN(C)c1nc(N)nc(COC(=O)c2ccc3c(c2)OCO3)n1. The predicted octanol–water partition coefficient (Wildman–Crippen LogP) is 0.605. The molecule has 2 N–H and O–H groups in total. The number of carbonyl (C=O) groups excluding carboxylic acids is 1. The van der Waals surface area contributed by atoms with E-state index in [2.05, 4.69) is 15.0 Å². The van der Waals surface area contributed by atoms with Gasteiger partial charge in [0.1, 0.15) is 0 Å². The Morgan fingerprint density at radius 2 is 2.04 bits per heavy atom. The first-order valence-corrected chi connectivity index (χ1v) is 6.77. The van der Waals surface area contributed by atoms with Gasteiger partial charge in [-0.15, -0.1) is 0 Å². The van der Waals surface area contributed by atoms with Crippen molar-refractivity contribution in [3.05, 3.63) is 29.6 Å². The molecule has 1 aliphatic heterocycles. The van der Waals surface area contributed by atoms with E-state index in [1.54, 1.807) is 37.2 Å². The molecule has 0 saturated carbocycles. The van der Waals surface area contributed by atoms with Gasteiger partial charge in [-0.1, -0.05) is 0 Å². The van der Waals surface area contributed by atoms with Gasteiger partial charge in [0.2, 0.25) is 18.7 Å². The van der Waals surface area contributed by atoms with E-state index < -0.39 is 5.97 Å². The van der Waals surface area contributed by atoms with Crippen molar-refractivity contribution < 1.29 is 19.0 Å². The van der Waals surface area contributed by atoms with Crippen LogP contribution in [0.2, 0.25) is 0 Å². The van der Waals surface area contributed by atoms with Gasteiger partial charge in [-0.2, -0.15) is 15.0 Å². The summed E-state index contributed by atoms with van der Waals surface area (Å²) in [5.74, 6) is 1.33. The van der Waals surface area contributed by atoms with Crippen molar-refractivity contribution in [3.8, 4) is 11.5 Å². The van der Waals surface area contributed by atoms with Crippen LogP contribution in [-0.4, -0.2) is 41.8 Å². The second-order valence-electron chi connectivity index (χ2n) is 4.95. The molecule has 9 nitrogen and oxygen atoms in total. The molecular formula is C14H15N5O4. The summed E-state index contributed by atoms with van der Waals surface area (Å²) >= 11 is 0. The predicted molar refractivity (Wildman–Crippen MR) is 80.3 cm³/mol. The quantitative estimate of drug-likeness (QED) is 0.810. The summed E-state index contributed by atoms with van der Waals surface area (Å²) in [6.45, 7) is 0.0338. The smallest absolute Gasteiger partial charge is 0.338 e. The third-order valence-corrected chi connectivity index (χ3v) is 3.03. The van der Waals surface area contributed by atoms with E-state index in [-0.39, 0.29) is 25.2 Å². The van der Waals surface area contributed by atoms with Gasteiger partial charge < -0.3 is 24.8 Å². The van der Waals surface area contributed by atoms with Crippen molar-refractivity contribution in [1.29, 1.82) is 0 Å². The lowest BCUT2D eigenvalue weighted by atomic mass is 10.2. The summed E-state index contributed by atoms with van der Waals surface area (Å²) in [6, 6.07) is 4.82. The highest BCUT2D eigenvalue weighted by atomic mass is 16.7. The van der Waals surface area contributed by atoms with Crippen LogP contribution in [0.15, 0.2) is 18.2 Å². The number of rotatable bonds is 4. The average molecular weight is 317 g/mol. The molecule has 1 aromatic carbocycles. The van der Waals surface area contributed by atoms with Gasteiger partial charge >= 0.3 is 5.97 Å². The first-order valence-electron chi connectivity index (χ1n) is 6.77. The van der Waals surface area contributed by atoms with Crippen LogP contribution < -0.4 is 20.1 Å².